The minimum absolute atomic E-state index is 0.0269. The predicted molar refractivity (Wildman–Crippen MR) is 54.0 cm³/mol. The third-order valence-electron chi connectivity index (χ3n) is 1.86. The van der Waals surface area contributed by atoms with E-state index in [0.29, 0.717) is 6.92 Å². The van der Waals surface area contributed by atoms with E-state index in [1.54, 1.807) is 6.20 Å². The summed E-state index contributed by atoms with van der Waals surface area (Å²) in [6.45, 7) is 4.52. The average Bonchev–Trinajstić information content (AvgIpc) is 2.06. The first-order valence-electron chi connectivity index (χ1n) is 4.62. The first kappa shape index (κ1) is 11.7. The van der Waals surface area contributed by atoms with E-state index in [0.717, 1.165) is 5.56 Å². The van der Waals surface area contributed by atoms with E-state index < -0.39 is 6.11 Å². The van der Waals surface area contributed by atoms with E-state index in [2.05, 4.69) is 9.72 Å². The van der Waals surface area contributed by atoms with Gasteiger partial charge in [-0.15, -0.1) is 0 Å². The van der Waals surface area contributed by atoms with Crippen LogP contribution in [0.2, 0.25) is 0 Å². The summed E-state index contributed by atoms with van der Waals surface area (Å²) in [6.07, 6.45) is -1.69. The normalized spacial score (nSPS) is 11.9. The molecule has 1 aromatic rings. The van der Waals surface area contributed by atoms with Crippen LogP contribution in [0.15, 0.2) is 12.3 Å². The van der Waals surface area contributed by atoms with Gasteiger partial charge in [0, 0.05) is 13.1 Å². The van der Waals surface area contributed by atoms with Crippen molar-refractivity contribution >= 4 is 5.82 Å². The van der Waals surface area contributed by atoms with Crippen molar-refractivity contribution in [1.29, 1.82) is 0 Å². The summed E-state index contributed by atoms with van der Waals surface area (Å²) in [5.41, 5.74) is 6.24. The van der Waals surface area contributed by atoms with E-state index in [9.17, 15) is 8.78 Å². The first-order chi connectivity index (χ1) is 6.79. The van der Waals surface area contributed by atoms with E-state index in [-0.39, 0.29) is 17.5 Å². The lowest BCUT2D eigenvalue weighted by Crippen LogP contribution is -2.20. The molecule has 1 heterocycles. The highest BCUT2D eigenvalue weighted by molar-refractivity contribution is 5.47. The van der Waals surface area contributed by atoms with Gasteiger partial charge in [-0.2, -0.15) is 8.78 Å². The smallest absolute Gasteiger partial charge is 0.395 e. The van der Waals surface area contributed by atoms with Gasteiger partial charge in [0.15, 0.2) is 11.6 Å². The monoisotopic (exact) mass is 216 g/mol. The summed E-state index contributed by atoms with van der Waals surface area (Å²) in [4.78, 5) is 3.80. The molecule has 0 atom stereocenters. The lowest BCUT2D eigenvalue weighted by atomic mass is 10.1. The molecule has 0 aliphatic rings. The van der Waals surface area contributed by atoms with Crippen LogP contribution in [0, 0.1) is 0 Å². The molecule has 3 nitrogen and oxygen atoms in total. The lowest BCUT2D eigenvalue weighted by Gasteiger charge is -2.15. The molecule has 0 saturated carbocycles. The fourth-order valence-electron chi connectivity index (χ4n) is 1.06. The van der Waals surface area contributed by atoms with Crippen LogP contribution >= 0.6 is 0 Å². The van der Waals surface area contributed by atoms with Gasteiger partial charge in [0.2, 0.25) is 0 Å². The molecule has 1 rings (SSSR count). The molecule has 0 saturated heterocycles. The maximum atomic E-state index is 12.6. The van der Waals surface area contributed by atoms with Crippen molar-refractivity contribution in [3.05, 3.63) is 17.8 Å². The first-order valence-corrected chi connectivity index (χ1v) is 4.62. The topological polar surface area (TPSA) is 48.1 Å². The third-order valence-corrected chi connectivity index (χ3v) is 1.86. The van der Waals surface area contributed by atoms with Crippen molar-refractivity contribution in [3.8, 4) is 5.75 Å². The van der Waals surface area contributed by atoms with Crippen molar-refractivity contribution in [1.82, 2.24) is 4.98 Å². The van der Waals surface area contributed by atoms with Crippen LogP contribution in [0.4, 0.5) is 14.6 Å². The molecule has 2 N–H and O–H groups in total. The number of nitrogens with two attached hydrogens (primary N) is 1. The largest absolute Gasteiger partial charge is 0.429 e. The number of anilines is 1. The molecule has 0 radical (unpaired) electrons. The molecule has 0 aromatic carbocycles. The van der Waals surface area contributed by atoms with Gasteiger partial charge in [0.1, 0.15) is 0 Å². The molecule has 0 unspecified atom stereocenters. The Bertz CT molecular complexity index is 348. The molecular weight excluding hydrogens is 202 g/mol. The summed E-state index contributed by atoms with van der Waals surface area (Å²) >= 11 is 0. The van der Waals surface area contributed by atoms with Crippen molar-refractivity contribution in [2.75, 3.05) is 5.73 Å². The number of halogens is 2. The van der Waals surface area contributed by atoms with Gasteiger partial charge in [-0.3, -0.25) is 0 Å². The van der Waals surface area contributed by atoms with Crippen molar-refractivity contribution in [3.63, 3.8) is 0 Å². The standard InChI is InChI=1S/C10H14F2N2O/c1-6(2)7-4-8(9(13)14-5-7)15-10(3,11)12/h4-6H,1-3H3,(H2,13,14). The molecule has 0 spiro atoms. The Labute approximate surface area is 87.3 Å². The van der Waals surface area contributed by atoms with Crippen molar-refractivity contribution in [2.24, 2.45) is 0 Å². The molecule has 0 bridgehead atoms. The maximum Gasteiger partial charge on any atom is 0.395 e. The van der Waals surface area contributed by atoms with Gasteiger partial charge >= 0.3 is 6.11 Å². The van der Waals surface area contributed by atoms with Gasteiger partial charge in [-0.05, 0) is 17.5 Å². The number of rotatable bonds is 3. The van der Waals surface area contributed by atoms with E-state index in [1.165, 1.54) is 6.07 Å². The fraction of sp³-hybridized carbons (Fsp3) is 0.500. The molecule has 15 heavy (non-hydrogen) atoms. The number of nitrogens with zero attached hydrogens (tertiary/aromatic N) is 1. The van der Waals surface area contributed by atoms with E-state index >= 15 is 0 Å². The summed E-state index contributed by atoms with van der Waals surface area (Å²) in [6, 6.07) is 1.49. The second kappa shape index (κ2) is 4.00. The minimum atomic E-state index is -3.24. The summed E-state index contributed by atoms with van der Waals surface area (Å²) in [5.74, 6) is 0.0838. The number of aromatic nitrogens is 1. The molecular formula is C10H14F2N2O. The zero-order valence-corrected chi connectivity index (χ0v) is 8.92. The molecule has 0 fully saturated rings. The highest BCUT2D eigenvalue weighted by Gasteiger charge is 2.25. The maximum absolute atomic E-state index is 12.6. The highest BCUT2D eigenvalue weighted by atomic mass is 19.3. The van der Waals surface area contributed by atoms with Gasteiger partial charge in [-0.1, -0.05) is 13.8 Å². The Morgan fingerprint density at radius 3 is 2.53 bits per heavy atom. The Balaban J connectivity index is 3.01. The van der Waals surface area contributed by atoms with Gasteiger partial charge in [-0.25, -0.2) is 4.98 Å². The number of hydrogen-bond acceptors (Lipinski definition) is 3. The Morgan fingerprint density at radius 2 is 2.07 bits per heavy atom. The summed E-state index contributed by atoms with van der Waals surface area (Å²) < 4.78 is 29.6. The summed E-state index contributed by atoms with van der Waals surface area (Å²) in [7, 11) is 0. The molecule has 84 valence electrons. The fourth-order valence-corrected chi connectivity index (χ4v) is 1.06. The average molecular weight is 216 g/mol. The minimum Gasteiger partial charge on any atom is -0.429 e. The Kier molecular flexibility index (Phi) is 3.12. The second-order valence-electron chi connectivity index (χ2n) is 3.72. The molecule has 0 amide bonds. The number of pyridine rings is 1. The van der Waals surface area contributed by atoms with E-state index in [1.807, 2.05) is 13.8 Å². The van der Waals surface area contributed by atoms with Crippen LogP contribution in [0.25, 0.3) is 0 Å². The number of alkyl halides is 2. The number of hydrogen-bond donors (Lipinski definition) is 1. The van der Waals surface area contributed by atoms with Crippen LogP contribution in [-0.4, -0.2) is 11.1 Å². The van der Waals surface area contributed by atoms with Crippen LogP contribution in [-0.2, 0) is 0 Å². The zero-order chi connectivity index (χ0) is 11.6. The van der Waals surface area contributed by atoms with Crippen LogP contribution in [0.5, 0.6) is 5.75 Å². The van der Waals surface area contributed by atoms with Crippen LogP contribution < -0.4 is 10.5 Å². The van der Waals surface area contributed by atoms with E-state index in [4.69, 9.17) is 5.73 Å². The number of nitrogen functional groups attached to an aromatic ring is 1. The van der Waals surface area contributed by atoms with Crippen LogP contribution in [0.1, 0.15) is 32.3 Å². The SMILES string of the molecule is CC(C)c1cnc(N)c(OC(C)(F)F)c1. The highest BCUT2D eigenvalue weighted by Crippen LogP contribution is 2.28. The Hall–Kier alpha value is -1.39. The molecule has 5 heteroatoms. The zero-order valence-electron chi connectivity index (χ0n) is 8.92. The number of ether oxygens (including phenoxy) is 1. The summed E-state index contributed by atoms with van der Waals surface area (Å²) in [5, 5.41) is 0. The van der Waals surface area contributed by atoms with Gasteiger partial charge < -0.3 is 10.5 Å². The Morgan fingerprint density at radius 1 is 1.47 bits per heavy atom. The molecule has 0 aliphatic carbocycles. The van der Waals surface area contributed by atoms with Crippen molar-refractivity contribution < 1.29 is 13.5 Å². The van der Waals surface area contributed by atoms with Crippen LogP contribution in [0.3, 0.4) is 0 Å². The molecule has 0 aliphatic heterocycles. The quantitative estimate of drug-likeness (QED) is 0.845. The van der Waals surface area contributed by atoms with Crippen molar-refractivity contribution in [2.45, 2.75) is 32.8 Å². The molecule has 1 aromatic heterocycles. The van der Waals surface area contributed by atoms with Gasteiger partial charge in [0.25, 0.3) is 0 Å². The third kappa shape index (κ3) is 3.34. The lowest BCUT2D eigenvalue weighted by molar-refractivity contribution is -0.158. The van der Waals surface area contributed by atoms with Gasteiger partial charge in [0.05, 0.1) is 0 Å². The predicted octanol–water partition coefficient (Wildman–Crippen LogP) is 2.78. The second-order valence-corrected chi connectivity index (χ2v) is 3.72.